The Labute approximate surface area is 102 Å². The molecule has 100 valence electrons. The average Bonchev–Trinajstić information content (AvgIpc) is 2.20. The van der Waals surface area contributed by atoms with Gasteiger partial charge in [-0.25, -0.2) is 0 Å². The van der Waals surface area contributed by atoms with Crippen LogP contribution in [0.2, 0.25) is 0 Å². The van der Waals surface area contributed by atoms with Gasteiger partial charge in [0.25, 0.3) is 0 Å². The third-order valence-electron chi connectivity index (χ3n) is 1.98. The molecule has 7 heteroatoms. The van der Waals surface area contributed by atoms with Crippen LogP contribution in [-0.4, -0.2) is 25.3 Å². The largest absolute Gasteiger partial charge is 0.411 e. The van der Waals surface area contributed by atoms with Gasteiger partial charge in [0.05, 0.1) is 11.4 Å². The van der Waals surface area contributed by atoms with E-state index in [1.165, 1.54) is 0 Å². The summed E-state index contributed by atoms with van der Waals surface area (Å²) in [6, 6.07) is 4.95. The molecule has 0 heterocycles. The lowest BCUT2D eigenvalue weighted by atomic mass is 10.2. The lowest BCUT2D eigenvalue weighted by Gasteiger charge is -2.10. The Morgan fingerprint density at radius 1 is 1.44 bits per heavy atom. The normalized spacial score (nSPS) is 11.3. The van der Waals surface area contributed by atoms with Crippen molar-refractivity contribution in [1.29, 1.82) is 0 Å². The number of halogens is 3. The molecule has 0 spiro atoms. The van der Waals surface area contributed by atoms with Gasteiger partial charge >= 0.3 is 6.18 Å². The first-order valence-corrected chi connectivity index (χ1v) is 5.08. The Kier molecular flexibility index (Phi) is 4.55. The van der Waals surface area contributed by atoms with E-state index in [9.17, 15) is 18.0 Å². The lowest BCUT2D eigenvalue weighted by Crippen LogP contribution is -2.24. The molecule has 1 aromatic rings. The van der Waals surface area contributed by atoms with Crippen molar-refractivity contribution in [3.05, 3.63) is 23.8 Å². The first kappa shape index (κ1) is 14.3. The SMILES string of the molecule is Cc1ccc(NC(=O)COCC(F)(F)F)c(N)c1. The van der Waals surface area contributed by atoms with Gasteiger partial charge in [-0.15, -0.1) is 0 Å². The number of amides is 1. The number of aryl methyl sites for hydroxylation is 1. The van der Waals surface area contributed by atoms with Crippen LogP contribution >= 0.6 is 0 Å². The van der Waals surface area contributed by atoms with Gasteiger partial charge in [-0.3, -0.25) is 4.79 Å². The standard InChI is InChI=1S/C11H13F3N2O2/c1-7-2-3-9(8(15)4-7)16-10(17)5-18-6-11(12,13)14/h2-4H,5-6,15H2,1H3,(H,16,17). The van der Waals surface area contributed by atoms with Crippen molar-refractivity contribution in [1.82, 2.24) is 0 Å². The fourth-order valence-electron chi connectivity index (χ4n) is 1.24. The Morgan fingerprint density at radius 2 is 2.11 bits per heavy atom. The van der Waals surface area contributed by atoms with E-state index in [-0.39, 0.29) is 0 Å². The van der Waals surface area contributed by atoms with Crippen LogP contribution in [0, 0.1) is 6.92 Å². The number of carbonyl (C=O) groups is 1. The van der Waals surface area contributed by atoms with Gasteiger partial charge in [-0.2, -0.15) is 13.2 Å². The molecule has 0 bridgehead atoms. The van der Waals surface area contributed by atoms with Crippen LogP contribution in [0.5, 0.6) is 0 Å². The smallest absolute Gasteiger partial charge is 0.397 e. The van der Waals surface area contributed by atoms with E-state index in [0.29, 0.717) is 11.4 Å². The van der Waals surface area contributed by atoms with E-state index in [4.69, 9.17) is 5.73 Å². The molecule has 1 aromatic carbocycles. The molecule has 0 saturated heterocycles. The third kappa shape index (κ3) is 5.05. The number of rotatable bonds is 4. The van der Waals surface area contributed by atoms with E-state index < -0.39 is 25.3 Å². The predicted octanol–water partition coefficient (Wildman–Crippen LogP) is 2.09. The molecule has 0 atom stereocenters. The number of nitrogens with one attached hydrogen (secondary N) is 1. The number of nitrogen functional groups attached to an aromatic ring is 1. The fourth-order valence-corrected chi connectivity index (χ4v) is 1.24. The maximum absolute atomic E-state index is 11.8. The highest BCUT2D eigenvalue weighted by atomic mass is 19.4. The van der Waals surface area contributed by atoms with Gasteiger partial charge < -0.3 is 15.8 Å². The maximum atomic E-state index is 11.8. The number of anilines is 2. The van der Waals surface area contributed by atoms with Gasteiger partial charge in [0.1, 0.15) is 13.2 Å². The van der Waals surface area contributed by atoms with E-state index in [2.05, 4.69) is 10.1 Å². The number of ether oxygens (including phenoxy) is 1. The Balaban J connectivity index is 2.45. The van der Waals surface area contributed by atoms with Crippen LogP contribution in [-0.2, 0) is 9.53 Å². The zero-order chi connectivity index (χ0) is 13.8. The minimum atomic E-state index is -4.44. The highest BCUT2D eigenvalue weighted by Gasteiger charge is 2.27. The Bertz CT molecular complexity index is 433. The predicted molar refractivity (Wildman–Crippen MR) is 61.1 cm³/mol. The second kappa shape index (κ2) is 5.72. The van der Waals surface area contributed by atoms with Gasteiger partial charge in [-0.05, 0) is 24.6 Å². The van der Waals surface area contributed by atoms with Crippen LogP contribution in [0.15, 0.2) is 18.2 Å². The molecule has 0 saturated carbocycles. The summed E-state index contributed by atoms with van der Waals surface area (Å²) >= 11 is 0. The van der Waals surface area contributed by atoms with Gasteiger partial charge in [0, 0.05) is 0 Å². The fraction of sp³-hybridized carbons (Fsp3) is 0.364. The molecule has 0 aliphatic rings. The van der Waals surface area contributed by atoms with Gasteiger partial charge in [0.2, 0.25) is 5.91 Å². The van der Waals surface area contributed by atoms with Crippen molar-refractivity contribution in [3.8, 4) is 0 Å². The van der Waals surface area contributed by atoms with Crippen molar-refractivity contribution >= 4 is 17.3 Å². The molecule has 0 fully saturated rings. The van der Waals surface area contributed by atoms with Crippen molar-refractivity contribution in [2.75, 3.05) is 24.3 Å². The molecular weight excluding hydrogens is 249 g/mol. The van der Waals surface area contributed by atoms with Crippen LogP contribution in [0.25, 0.3) is 0 Å². The summed E-state index contributed by atoms with van der Waals surface area (Å²) in [7, 11) is 0. The first-order chi connectivity index (χ1) is 8.28. The molecule has 3 N–H and O–H groups in total. The summed E-state index contributed by atoms with van der Waals surface area (Å²) in [4.78, 5) is 11.3. The van der Waals surface area contributed by atoms with Crippen molar-refractivity contribution < 1.29 is 22.7 Å². The quantitative estimate of drug-likeness (QED) is 0.817. The first-order valence-electron chi connectivity index (χ1n) is 5.08. The minimum Gasteiger partial charge on any atom is -0.397 e. The molecule has 0 radical (unpaired) electrons. The van der Waals surface area contributed by atoms with Gasteiger partial charge in [-0.1, -0.05) is 6.07 Å². The summed E-state index contributed by atoms with van der Waals surface area (Å²) in [6.45, 7) is -0.301. The number of nitrogens with two attached hydrogens (primary N) is 1. The summed E-state index contributed by atoms with van der Waals surface area (Å²) in [6.07, 6.45) is -4.44. The summed E-state index contributed by atoms with van der Waals surface area (Å²) in [5, 5.41) is 2.37. The Morgan fingerprint density at radius 3 is 2.67 bits per heavy atom. The summed E-state index contributed by atoms with van der Waals surface area (Å²) < 4.78 is 39.5. The summed E-state index contributed by atoms with van der Waals surface area (Å²) in [5.41, 5.74) is 7.24. The number of alkyl halides is 3. The maximum Gasteiger partial charge on any atom is 0.411 e. The van der Waals surface area contributed by atoms with E-state index >= 15 is 0 Å². The number of hydrogen-bond donors (Lipinski definition) is 2. The van der Waals surface area contributed by atoms with Crippen LogP contribution in [0.1, 0.15) is 5.56 Å². The number of benzene rings is 1. The molecule has 0 aromatic heterocycles. The second-order valence-electron chi connectivity index (χ2n) is 3.75. The van der Waals surface area contributed by atoms with Gasteiger partial charge in [0.15, 0.2) is 0 Å². The lowest BCUT2D eigenvalue weighted by molar-refractivity contribution is -0.174. The van der Waals surface area contributed by atoms with E-state index in [1.807, 2.05) is 6.92 Å². The van der Waals surface area contributed by atoms with E-state index in [0.717, 1.165) is 5.56 Å². The molecule has 1 amide bonds. The second-order valence-corrected chi connectivity index (χ2v) is 3.75. The summed E-state index contributed by atoms with van der Waals surface area (Å²) in [5.74, 6) is -0.685. The van der Waals surface area contributed by atoms with E-state index in [1.54, 1.807) is 18.2 Å². The van der Waals surface area contributed by atoms with Crippen molar-refractivity contribution in [2.24, 2.45) is 0 Å². The molecule has 4 nitrogen and oxygen atoms in total. The molecule has 0 aliphatic heterocycles. The zero-order valence-electron chi connectivity index (χ0n) is 9.67. The monoisotopic (exact) mass is 262 g/mol. The highest BCUT2D eigenvalue weighted by molar-refractivity contribution is 5.94. The average molecular weight is 262 g/mol. The Hall–Kier alpha value is -1.76. The van der Waals surface area contributed by atoms with Crippen LogP contribution in [0.4, 0.5) is 24.5 Å². The van der Waals surface area contributed by atoms with Crippen molar-refractivity contribution in [2.45, 2.75) is 13.1 Å². The van der Waals surface area contributed by atoms with Crippen molar-refractivity contribution in [3.63, 3.8) is 0 Å². The molecule has 0 aliphatic carbocycles. The minimum absolute atomic E-state index is 0.346. The van der Waals surface area contributed by atoms with Crippen LogP contribution < -0.4 is 11.1 Å². The molecule has 1 rings (SSSR count). The molecule has 18 heavy (non-hydrogen) atoms. The topological polar surface area (TPSA) is 64.3 Å². The molecular formula is C11H13F3N2O2. The molecule has 0 unspecified atom stereocenters. The third-order valence-corrected chi connectivity index (χ3v) is 1.98. The highest BCUT2D eigenvalue weighted by Crippen LogP contribution is 2.19. The number of carbonyl (C=O) groups excluding carboxylic acids is 1. The van der Waals surface area contributed by atoms with Crippen LogP contribution in [0.3, 0.4) is 0 Å². The zero-order valence-corrected chi connectivity index (χ0v) is 9.67. The number of hydrogen-bond acceptors (Lipinski definition) is 3.